The molecule has 0 saturated heterocycles. The average Bonchev–Trinajstić information content (AvgIpc) is 2.71. The fourth-order valence-electron chi connectivity index (χ4n) is 3.67. The Labute approximate surface area is 179 Å². The van der Waals surface area contributed by atoms with E-state index < -0.39 is 5.54 Å². The van der Waals surface area contributed by atoms with Gasteiger partial charge in [-0.3, -0.25) is 14.5 Å². The van der Waals surface area contributed by atoms with Crippen LogP contribution in [0.4, 0.5) is 0 Å². The highest BCUT2D eigenvalue weighted by Crippen LogP contribution is 2.30. The van der Waals surface area contributed by atoms with E-state index in [1.807, 2.05) is 75.4 Å². The SMILES string of the molecule is CC(C)[C@]1(C)CC(=O)N(Cc2ccc(C(=O)C[C@@H](C)c3ccccc3)cc2)C(N)=N1. The second-order valence-corrected chi connectivity index (χ2v) is 8.77. The number of aliphatic imine (C=N–C) groups is 1. The second kappa shape index (κ2) is 8.82. The van der Waals surface area contributed by atoms with Gasteiger partial charge in [-0.2, -0.15) is 0 Å². The molecule has 30 heavy (non-hydrogen) atoms. The summed E-state index contributed by atoms with van der Waals surface area (Å²) in [6.07, 6.45) is 0.806. The molecule has 0 bridgehead atoms. The molecule has 0 radical (unpaired) electrons. The summed E-state index contributed by atoms with van der Waals surface area (Å²) in [5.74, 6) is 0.747. The maximum atomic E-state index is 12.7. The van der Waals surface area contributed by atoms with Gasteiger partial charge in [0.15, 0.2) is 11.7 Å². The Morgan fingerprint density at radius 3 is 2.30 bits per heavy atom. The number of nitrogens with two attached hydrogens (primary N) is 1. The Morgan fingerprint density at radius 2 is 1.73 bits per heavy atom. The van der Waals surface area contributed by atoms with Gasteiger partial charge in [0, 0.05) is 12.0 Å². The zero-order valence-electron chi connectivity index (χ0n) is 18.3. The molecule has 5 nitrogen and oxygen atoms in total. The number of hydrogen-bond acceptors (Lipinski definition) is 4. The lowest BCUT2D eigenvalue weighted by molar-refractivity contribution is -0.130. The average molecular weight is 406 g/mol. The Morgan fingerprint density at radius 1 is 1.10 bits per heavy atom. The van der Waals surface area contributed by atoms with Gasteiger partial charge in [-0.15, -0.1) is 0 Å². The summed E-state index contributed by atoms with van der Waals surface area (Å²) >= 11 is 0. The van der Waals surface area contributed by atoms with Crippen LogP contribution >= 0.6 is 0 Å². The normalized spacial score (nSPS) is 20.2. The number of benzene rings is 2. The van der Waals surface area contributed by atoms with Crippen LogP contribution in [-0.4, -0.2) is 28.1 Å². The minimum atomic E-state index is -0.455. The Hall–Kier alpha value is -2.95. The molecule has 0 aromatic heterocycles. The third-order valence-electron chi connectivity index (χ3n) is 6.18. The van der Waals surface area contributed by atoms with Gasteiger partial charge in [-0.05, 0) is 29.9 Å². The highest BCUT2D eigenvalue weighted by Gasteiger charge is 2.38. The summed E-state index contributed by atoms with van der Waals surface area (Å²) in [5, 5.41) is 0. The first-order valence-corrected chi connectivity index (χ1v) is 10.5. The summed E-state index contributed by atoms with van der Waals surface area (Å²) in [6.45, 7) is 8.49. The van der Waals surface area contributed by atoms with Gasteiger partial charge >= 0.3 is 0 Å². The van der Waals surface area contributed by atoms with Crippen LogP contribution in [-0.2, 0) is 11.3 Å². The van der Waals surface area contributed by atoms with Gasteiger partial charge in [0.1, 0.15) is 0 Å². The van der Waals surface area contributed by atoms with Gasteiger partial charge < -0.3 is 5.73 Å². The first kappa shape index (κ1) is 21.8. The van der Waals surface area contributed by atoms with E-state index in [1.54, 1.807) is 0 Å². The topological polar surface area (TPSA) is 75.8 Å². The van der Waals surface area contributed by atoms with E-state index in [4.69, 9.17) is 5.73 Å². The van der Waals surface area contributed by atoms with Crippen molar-refractivity contribution in [3.63, 3.8) is 0 Å². The van der Waals surface area contributed by atoms with Crippen molar-refractivity contribution in [3.05, 3.63) is 71.3 Å². The fourth-order valence-corrected chi connectivity index (χ4v) is 3.67. The third kappa shape index (κ3) is 4.78. The third-order valence-corrected chi connectivity index (χ3v) is 6.18. The summed E-state index contributed by atoms with van der Waals surface area (Å²) in [7, 11) is 0. The van der Waals surface area contributed by atoms with E-state index in [0.29, 0.717) is 24.9 Å². The van der Waals surface area contributed by atoms with Gasteiger partial charge in [0.05, 0.1) is 18.5 Å². The molecule has 0 unspecified atom stereocenters. The number of carbonyl (C=O) groups excluding carboxylic acids is 2. The quantitative estimate of drug-likeness (QED) is 0.688. The zero-order valence-corrected chi connectivity index (χ0v) is 18.3. The van der Waals surface area contributed by atoms with Crippen molar-refractivity contribution in [2.75, 3.05) is 0 Å². The number of amides is 1. The summed E-state index contributed by atoms with van der Waals surface area (Å²) in [6, 6.07) is 17.5. The van der Waals surface area contributed by atoms with Crippen molar-refractivity contribution >= 4 is 17.6 Å². The Balaban J connectivity index is 1.66. The molecule has 1 aliphatic heterocycles. The maximum absolute atomic E-state index is 12.7. The van der Waals surface area contributed by atoms with E-state index in [0.717, 1.165) is 11.1 Å². The minimum absolute atomic E-state index is 0.0180. The van der Waals surface area contributed by atoms with Crippen molar-refractivity contribution in [1.29, 1.82) is 0 Å². The van der Waals surface area contributed by atoms with E-state index in [1.165, 1.54) is 4.90 Å². The molecule has 2 atom stereocenters. The second-order valence-electron chi connectivity index (χ2n) is 8.77. The number of rotatable bonds is 7. The molecular formula is C25H31N3O2. The molecule has 2 aromatic carbocycles. The fraction of sp³-hybridized carbons (Fsp3) is 0.400. The number of guanidine groups is 1. The number of carbonyl (C=O) groups is 2. The number of nitrogens with zero attached hydrogens (tertiary/aromatic N) is 2. The predicted molar refractivity (Wildman–Crippen MR) is 120 cm³/mol. The lowest BCUT2D eigenvalue weighted by atomic mass is 9.84. The Kier molecular flexibility index (Phi) is 6.40. The van der Waals surface area contributed by atoms with E-state index in [2.05, 4.69) is 11.9 Å². The van der Waals surface area contributed by atoms with E-state index in [9.17, 15) is 9.59 Å². The summed E-state index contributed by atoms with van der Waals surface area (Å²) < 4.78 is 0. The van der Waals surface area contributed by atoms with Crippen LogP contribution in [0.5, 0.6) is 0 Å². The number of ketones is 1. The molecular weight excluding hydrogens is 374 g/mol. The molecule has 158 valence electrons. The Bertz CT molecular complexity index is 935. The molecule has 1 heterocycles. The molecule has 0 fully saturated rings. The highest BCUT2D eigenvalue weighted by molar-refractivity contribution is 5.99. The van der Waals surface area contributed by atoms with Crippen LogP contribution in [0.3, 0.4) is 0 Å². The van der Waals surface area contributed by atoms with Crippen molar-refractivity contribution in [1.82, 2.24) is 4.90 Å². The lowest BCUT2D eigenvalue weighted by Crippen LogP contribution is -2.51. The molecule has 5 heteroatoms. The largest absolute Gasteiger partial charge is 0.369 e. The van der Waals surface area contributed by atoms with Crippen LogP contribution in [0.25, 0.3) is 0 Å². The monoisotopic (exact) mass is 405 g/mol. The van der Waals surface area contributed by atoms with Crippen molar-refractivity contribution in [3.8, 4) is 0 Å². The molecule has 0 aliphatic carbocycles. The number of Topliss-reactive ketones (excluding diaryl/α,β-unsaturated/α-hetero) is 1. The van der Waals surface area contributed by atoms with Gasteiger partial charge in [0.2, 0.25) is 5.91 Å². The summed E-state index contributed by atoms with van der Waals surface area (Å²) in [4.78, 5) is 31.5. The standard InChI is InChI=1S/C25H31N3O2/c1-17(2)25(4)15-23(30)28(24(26)27-25)16-19-10-12-21(13-11-19)22(29)14-18(3)20-8-6-5-7-9-20/h5-13,17-18H,14-16H2,1-4H3,(H2,26,27)/t18-,25+/m1/s1. The van der Waals surface area contributed by atoms with E-state index >= 15 is 0 Å². The van der Waals surface area contributed by atoms with Crippen molar-refractivity contribution in [2.24, 2.45) is 16.6 Å². The van der Waals surface area contributed by atoms with Crippen LogP contribution in [0, 0.1) is 5.92 Å². The molecule has 3 rings (SSSR count). The zero-order chi connectivity index (χ0) is 21.9. The van der Waals surface area contributed by atoms with Crippen LogP contribution in [0.2, 0.25) is 0 Å². The molecule has 1 aliphatic rings. The lowest BCUT2D eigenvalue weighted by Gasteiger charge is -2.37. The highest BCUT2D eigenvalue weighted by atomic mass is 16.2. The smallest absolute Gasteiger partial charge is 0.232 e. The van der Waals surface area contributed by atoms with Crippen LogP contribution in [0.15, 0.2) is 59.6 Å². The number of hydrogen-bond donors (Lipinski definition) is 1. The molecule has 0 saturated carbocycles. The maximum Gasteiger partial charge on any atom is 0.232 e. The van der Waals surface area contributed by atoms with E-state index in [-0.39, 0.29) is 29.5 Å². The molecule has 1 amide bonds. The minimum Gasteiger partial charge on any atom is -0.369 e. The van der Waals surface area contributed by atoms with Crippen molar-refractivity contribution < 1.29 is 9.59 Å². The summed E-state index contributed by atoms with van der Waals surface area (Å²) in [5.41, 5.74) is 8.43. The molecule has 2 N–H and O–H groups in total. The molecule has 0 spiro atoms. The van der Waals surface area contributed by atoms with Gasteiger partial charge in [-0.25, -0.2) is 4.99 Å². The van der Waals surface area contributed by atoms with Crippen molar-refractivity contribution in [2.45, 2.75) is 58.5 Å². The first-order chi connectivity index (χ1) is 14.2. The predicted octanol–water partition coefficient (Wildman–Crippen LogP) is 4.52. The van der Waals surface area contributed by atoms with Gasteiger partial charge in [-0.1, -0.05) is 75.4 Å². The first-order valence-electron chi connectivity index (χ1n) is 10.5. The van der Waals surface area contributed by atoms with Crippen LogP contribution in [0.1, 0.15) is 67.9 Å². The van der Waals surface area contributed by atoms with Gasteiger partial charge in [0.25, 0.3) is 0 Å². The molecule has 2 aromatic rings. The van der Waals surface area contributed by atoms with Crippen LogP contribution < -0.4 is 5.73 Å².